The molecule has 0 aromatic heterocycles. The molecule has 0 saturated carbocycles. The maximum atomic E-state index is 3.69. The van der Waals surface area contributed by atoms with Gasteiger partial charge in [0.05, 0.1) is 0 Å². The fraction of sp³-hybridized carbons (Fsp3) is 0.333. The third-order valence-electron chi connectivity index (χ3n) is 4.34. The van der Waals surface area contributed by atoms with E-state index in [1.165, 1.54) is 11.1 Å². The Labute approximate surface area is 115 Å². The highest BCUT2D eigenvalue weighted by molar-refractivity contribution is 5.34. The first-order chi connectivity index (χ1) is 9.18. The van der Waals surface area contributed by atoms with E-state index in [-0.39, 0.29) is 5.54 Å². The molecule has 0 unspecified atom stereocenters. The van der Waals surface area contributed by atoms with Crippen LogP contribution in [0.5, 0.6) is 0 Å². The molecule has 1 nitrogen and oxygen atoms in total. The Kier molecular flexibility index (Phi) is 3.16. The molecule has 1 aliphatic heterocycles. The number of nitrogens with one attached hydrogen (secondary N) is 1. The molecule has 3 rings (SSSR count). The van der Waals surface area contributed by atoms with E-state index in [1.54, 1.807) is 0 Å². The molecule has 1 heterocycles. The molecule has 2 aromatic rings. The summed E-state index contributed by atoms with van der Waals surface area (Å²) in [6.45, 7) is 5.68. The predicted molar refractivity (Wildman–Crippen MR) is 80.4 cm³/mol. The molecule has 0 amide bonds. The molecular weight excluding hydrogens is 230 g/mol. The lowest BCUT2D eigenvalue weighted by Gasteiger charge is -2.31. The second-order valence-corrected chi connectivity index (χ2v) is 6.01. The van der Waals surface area contributed by atoms with Crippen LogP contribution in [0, 0.1) is 0 Å². The average Bonchev–Trinajstić information content (AvgIpc) is 2.76. The van der Waals surface area contributed by atoms with Crippen molar-refractivity contribution in [3.8, 4) is 0 Å². The van der Waals surface area contributed by atoms with E-state index >= 15 is 0 Å². The highest BCUT2D eigenvalue weighted by Crippen LogP contribution is 2.44. The molecule has 1 fully saturated rings. The van der Waals surface area contributed by atoms with Crippen LogP contribution >= 0.6 is 0 Å². The lowest BCUT2D eigenvalue weighted by atomic mass is 9.75. The van der Waals surface area contributed by atoms with Gasteiger partial charge in [-0.25, -0.2) is 0 Å². The van der Waals surface area contributed by atoms with Crippen LogP contribution in [0.1, 0.15) is 36.8 Å². The van der Waals surface area contributed by atoms with Gasteiger partial charge in [-0.05, 0) is 25.0 Å². The van der Waals surface area contributed by atoms with Gasteiger partial charge in [0.1, 0.15) is 0 Å². The van der Waals surface area contributed by atoms with Crippen molar-refractivity contribution in [1.29, 1.82) is 0 Å². The summed E-state index contributed by atoms with van der Waals surface area (Å²) < 4.78 is 0. The Bertz CT molecular complexity index is 530. The monoisotopic (exact) mass is 251 g/mol. The summed E-state index contributed by atoms with van der Waals surface area (Å²) >= 11 is 0. The largest absolute Gasteiger partial charge is 0.311 e. The number of hydrogen-bond acceptors (Lipinski definition) is 1. The van der Waals surface area contributed by atoms with Crippen LogP contribution in [0.15, 0.2) is 60.7 Å². The van der Waals surface area contributed by atoms with Crippen molar-refractivity contribution in [3.63, 3.8) is 0 Å². The van der Waals surface area contributed by atoms with E-state index in [1.807, 2.05) is 0 Å². The van der Waals surface area contributed by atoms with Crippen molar-refractivity contribution < 1.29 is 0 Å². The van der Waals surface area contributed by atoms with Crippen molar-refractivity contribution in [2.45, 2.75) is 31.2 Å². The van der Waals surface area contributed by atoms with Crippen molar-refractivity contribution in [2.75, 3.05) is 6.54 Å². The van der Waals surface area contributed by atoms with Gasteiger partial charge in [0, 0.05) is 23.9 Å². The molecule has 0 aliphatic carbocycles. The smallest absolute Gasteiger partial charge is 0.0200 e. The molecule has 2 atom stereocenters. The zero-order valence-electron chi connectivity index (χ0n) is 11.6. The minimum absolute atomic E-state index is 0.141. The molecule has 1 N–H and O–H groups in total. The van der Waals surface area contributed by atoms with Gasteiger partial charge in [-0.2, -0.15) is 0 Å². The van der Waals surface area contributed by atoms with Crippen LogP contribution in [-0.4, -0.2) is 12.1 Å². The zero-order chi connectivity index (χ0) is 13.3. The van der Waals surface area contributed by atoms with Crippen LogP contribution in [0.4, 0.5) is 0 Å². The molecular formula is C18H21N. The molecule has 98 valence electrons. The Morgan fingerprint density at radius 3 is 1.95 bits per heavy atom. The second-order valence-electron chi connectivity index (χ2n) is 6.01. The van der Waals surface area contributed by atoms with E-state index in [4.69, 9.17) is 0 Å². The summed E-state index contributed by atoms with van der Waals surface area (Å²) in [5, 5.41) is 3.69. The Hall–Kier alpha value is -1.60. The molecule has 0 radical (unpaired) electrons. The fourth-order valence-corrected chi connectivity index (χ4v) is 3.42. The maximum Gasteiger partial charge on any atom is 0.0200 e. The van der Waals surface area contributed by atoms with Crippen LogP contribution < -0.4 is 5.32 Å². The summed E-state index contributed by atoms with van der Waals surface area (Å²) in [5.74, 6) is 1.08. The highest BCUT2D eigenvalue weighted by atomic mass is 15.0. The Morgan fingerprint density at radius 2 is 1.37 bits per heavy atom. The molecule has 0 spiro atoms. The summed E-state index contributed by atoms with van der Waals surface area (Å²) in [4.78, 5) is 0. The highest BCUT2D eigenvalue weighted by Gasteiger charge is 2.42. The molecule has 1 aliphatic rings. The number of benzene rings is 2. The van der Waals surface area contributed by atoms with Gasteiger partial charge >= 0.3 is 0 Å². The molecule has 1 saturated heterocycles. The minimum Gasteiger partial charge on any atom is -0.311 e. The van der Waals surface area contributed by atoms with Crippen LogP contribution in [0.2, 0.25) is 0 Å². The summed E-state index contributed by atoms with van der Waals surface area (Å²) in [6.07, 6.45) is 0. The van der Waals surface area contributed by atoms with Crippen molar-refractivity contribution in [2.24, 2.45) is 0 Å². The van der Waals surface area contributed by atoms with Crippen molar-refractivity contribution in [1.82, 2.24) is 5.32 Å². The third kappa shape index (κ3) is 2.31. The molecule has 2 aromatic carbocycles. The topological polar surface area (TPSA) is 12.0 Å². The SMILES string of the molecule is CC1(C)NC[C@@H](c2ccccc2)[C@@H]1c1ccccc1. The Balaban J connectivity index is 2.02. The van der Waals surface area contributed by atoms with Gasteiger partial charge in [-0.15, -0.1) is 0 Å². The van der Waals surface area contributed by atoms with Gasteiger partial charge in [-0.1, -0.05) is 60.7 Å². The van der Waals surface area contributed by atoms with Crippen LogP contribution in [0.25, 0.3) is 0 Å². The maximum absolute atomic E-state index is 3.69. The zero-order valence-corrected chi connectivity index (χ0v) is 11.6. The molecule has 19 heavy (non-hydrogen) atoms. The van der Waals surface area contributed by atoms with Crippen molar-refractivity contribution >= 4 is 0 Å². The number of rotatable bonds is 2. The van der Waals surface area contributed by atoms with E-state index in [0.717, 1.165) is 6.54 Å². The summed E-state index contributed by atoms with van der Waals surface area (Å²) in [6, 6.07) is 21.8. The minimum atomic E-state index is 0.141. The summed E-state index contributed by atoms with van der Waals surface area (Å²) in [7, 11) is 0. The van der Waals surface area contributed by atoms with E-state index in [2.05, 4.69) is 79.8 Å². The fourth-order valence-electron chi connectivity index (χ4n) is 3.42. The van der Waals surface area contributed by atoms with Crippen molar-refractivity contribution in [3.05, 3.63) is 71.8 Å². The van der Waals surface area contributed by atoms with E-state index in [9.17, 15) is 0 Å². The average molecular weight is 251 g/mol. The van der Waals surface area contributed by atoms with Gasteiger partial charge in [0.25, 0.3) is 0 Å². The van der Waals surface area contributed by atoms with Gasteiger partial charge in [0.15, 0.2) is 0 Å². The first-order valence-electron chi connectivity index (χ1n) is 7.03. The standard InChI is InChI=1S/C18H21N/c1-18(2)17(15-11-7-4-8-12-15)16(13-19-18)14-9-5-3-6-10-14/h3-12,16-17,19H,13H2,1-2H3/t16-,17-/m0/s1. The first kappa shape index (κ1) is 12.4. The van der Waals surface area contributed by atoms with Gasteiger partial charge in [0.2, 0.25) is 0 Å². The quantitative estimate of drug-likeness (QED) is 0.852. The first-order valence-corrected chi connectivity index (χ1v) is 7.03. The molecule has 1 heteroatoms. The lowest BCUT2D eigenvalue weighted by Crippen LogP contribution is -2.37. The normalized spacial score (nSPS) is 25.4. The van der Waals surface area contributed by atoms with Gasteiger partial charge in [-0.3, -0.25) is 0 Å². The second kappa shape index (κ2) is 4.82. The third-order valence-corrected chi connectivity index (χ3v) is 4.34. The lowest BCUT2D eigenvalue weighted by molar-refractivity contribution is 0.401. The Morgan fingerprint density at radius 1 is 0.842 bits per heavy atom. The van der Waals surface area contributed by atoms with Crippen LogP contribution in [-0.2, 0) is 0 Å². The molecule has 0 bridgehead atoms. The van der Waals surface area contributed by atoms with E-state index < -0.39 is 0 Å². The number of hydrogen-bond donors (Lipinski definition) is 1. The predicted octanol–water partition coefficient (Wildman–Crippen LogP) is 3.94. The van der Waals surface area contributed by atoms with Gasteiger partial charge < -0.3 is 5.32 Å². The van der Waals surface area contributed by atoms with Crippen LogP contribution in [0.3, 0.4) is 0 Å². The summed E-state index contributed by atoms with van der Waals surface area (Å²) in [5.41, 5.74) is 3.02. The van der Waals surface area contributed by atoms with E-state index in [0.29, 0.717) is 11.8 Å².